The Labute approximate surface area is 216 Å². The zero-order valence-corrected chi connectivity index (χ0v) is 22.0. The Morgan fingerprint density at radius 3 is 2.50 bits per heavy atom. The minimum Gasteiger partial charge on any atom is -0.481 e. The van der Waals surface area contributed by atoms with Gasteiger partial charge < -0.3 is 10.4 Å². The summed E-state index contributed by atoms with van der Waals surface area (Å²) in [5, 5.41) is 11.8. The minimum absolute atomic E-state index is 0.127. The van der Waals surface area contributed by atoms with Crippen LogP contribution in [0.4, 0.5) is 0 Å². The fourth-order valence-corrected chi connectivity index (χ4v) is 3.32. The van der Waals surface area contributed by atoms with Gasteiger partial charge in [-0.05, 0) is 75.8 Å². The first-order valence-corrected chi connectivity index (χ1v) is 12.5. The Hall–Kier alpha value is -3.73. The quantitative estimate of drug-likeness (QED) is 0.119. The smallest absolute Gasteiger partial charge is 0.303 e. The van der Waals surface area contributed by atoms with Crippen LogP contribution in [0.2, 0.25) is 0 Å². The third-order valence-corrected chi connectivity index (χ3v) is 5.26. The normalized spacial score (nSPS) is 14.4. The number of nitrogens with zero attached hydrogens (tertiary/aromatic N) is 1. The molecule has 2 N–H and O–H groups in total. The van der Waals surface area contributed by atoms with E-state index in [-0.39, 0.29) is 18.4 Å². The van der Waals surface area contributed by atoms with Crippen LogP contribution < -0.4 is 5.32 Å². The van der Waals surface area contributed by atoms with Gasteiger partial charge in [-0.1, -0.05) is 73.7 Å². The minimum atomic E-state index is -0.767. The van der Waals surface area contributed by atoms with E-state index in [1.807, 2.05) is 81.5 Å². The third-order valence-electron chi connectivity index (χ3n) is 5.26. The van der Waals surface area contributed by atoms with E-state index in [1.165, 1.54) is 0 Å². The second-order valence-corrected chi connectivity index (χ2v) is 8.28. The van der Waals surface area contributed by atoms with Gasteiger partial charge in [-0.25, -0.2) is 0 Å². The van der Waals surface area contributed by atoms with Gasteiger partial charge in [0.25, 0.3) is 5.91 Å². The lowest BCUT2D eigenvalue weighted by Crippen LogP contribution is -2.34. The molecular formula is C31H40N2O3. The van der Waals surface area contributed by atoms with Crippen molar-refractivity contribution < 1.29 is 14.7 Å². The van der Waals surface area contributed by atoms with Crippen LogP contribution in [-0.2, 0) is 9.59 Å². The summed E-state index contributed by atoms with van der Waals surface area (Å²) in [5.74, 6) is -0.940. The van der Waals surface area contributed by atoms with E-state index in [1.54, 1.807) is 24.4 Å². The molecule has 0 aromatic heterocycles. The van der Waals surface area contributed by atoms with Crippen molar-refractivity contribution in [2.24, 2.45) is 4.99 Å². The Balaban J connectivity index is 2.96. The Morgan fingerprint density at radius 2 is 1.83 bits per heavy atom. The summed E-state index contributed by atoms with van der Waals surface area (Å²) in [6, 6.07) is 9.80. The topological polar surface area (TPSA) is 78.8 Å². The number of amides is 1. The fraction of sp³-hybridized carbons (Fsp3) is 0.323. The number of rotatable bonds is 15. The highest BCUT2D eigenvalue weighted by atomic mass is 16.4. The maximum absolute atomic E-state index is 13.1. The molecule has 1 aromatic carbocycles. The molecule has 1 aromatic rings. The molecule has 0 heterocycles. The molecule has 0 aliphatic carbocycles. The van der Waals surface area contributed by atoms with Crippen molar-refractivity contribution >= 4 is 17.6 Å². The number of hydrogen-bond acceptors (Lipinski definition) is 3. The summed E-state index contributed by atoms with van der Waals surface area (Å²) in [6.45, 7) is 7.95. The maximum Gasteiger partial charge on any atom is 0.303 e. The van der Waals surface area contributed by atoms with Crippen LogP contribution in [0.1, 0.15) is 65.4 Å². The zero-order valence-electron chi connectivity index (χ0n) is 22.0. The molecule has 0 saturated heterocycles. The summed E-state index contributed by atoms with van der Waals surface area (Å²) in [6.07, 6.45) is 22.1. The third kappa shape index (κ3) is 13.2. The number of benzene rings is 1. The van der Waals surface area contributed by atoms with E-state index in [2.05, 4.69) is 23.3 Å². The summed E-state index contributed by atoms with van der Waals surface area (Å²) in [4.78, 5) is 28.1. The average molecular weight is 489 g/mol. The standard InChI is InChI=1S/C31H40N2O3/c1-5-17-27(18-6-2)26(4)33-31(36)29(21-12-9-7-8-10-15-23-30(34)35)22-16-24-32-25(3)28-19-13-11-14-20-28/h5,7,9,11-14,16-22,24,26H,6,8,10,15,23H2,1-4H3,(H,33,36)(H,34,35)/b9-7+,17-5-,21-12+,24-16+,27-18+,29-22+,32-25?. The highest BCUT2D eigenvalue weighted by Crippen LogP contribution is 2.09. The Bertz CT molecular complexity index is 1030. The lowest BCUT2D eigenvalue weighted by atomic mass is 10.1. The molecule has 0 bridgehead atoms. The van der Waals surface area contributed by atoms with Gasteiger partial charge in [0.05, 0.1) is 6.04 Å². The SMILES string of the molecule is C/C=C\C(=C/CC)C(C)NC(=O)C(/C=C/C=C/CCCCC(=O)O)=C/C=C/N=C(C)c1ccccc1. The molecule has 0 radical (unpaired) electrons. The van der Waals surface area contributed by atoms with Gasteiger partial charge in [0.15, 0.2) is 0 Å². The van der Waals surface area contributed by atoms with Crippen molar-refractivity contribution in [2.45, 2.75) is 65.8 Å². The number of carbonyl (C=O) groups is 2. The molecule has 0 aliphatic rings. The molecule has 1 unspecified atom stereocenters. The lowest BCUT2D eigenvalue weighted by Gasteiger charge is -2.16. The number of carbonyl (C=O) groups excluding carboxylic acids is 1. The first-order chi connectivity index (χ1) is 17.4. The monoisotopic (exact) mass is 488 g/mol. The van der Waals surface area contributed by atoms with E-state index in [4.69, 9.17) is 5.11 Å². The summed E-state index contributed by atoms with van der Waals surface area (Å²) in [5.41, 5.74) is 3.52. The number of hydrogen-bond donors (Lipinski definition) is 2. The number of aliphatic imine (C=N–C) groups is 1. The van der Waals surface area contributed by atoms with Crippen LogP contribution in [0.3, 0.4) is 0 Å². The molecule has 1 amide bonds. The van der Waals surface area contributed by atoms with Crippen molar-refractivity contribution in [1.82, 2.24) is 5.32 Å². The highest BCUT2D eigenvalue weighted by molar-refractivity contribution is 5.99. The number of unbranched alkanes of at least 4 members (excludes halogenated alkanes) is 2. The molecule has 5 nitrogen and oxygen atoms in total. The van der Waals surface area contributed by atoms with Crippen LogP contribution in [0, 0.1) is 0 Å². The van der Waals surface area contributed by atoms with E-state index in [9.17, 15) is 9.59 Å². The van der Waals surface area contributed by atoms with Gasteiger partial charge in [0, 0.05) is 23.9 Å². The summed E-state index contributed by atoms with van der Waals surface area (Å²) < 4.78 is 0. The second kappa shape index (κ2) is 18.6. The predicted octanol–water partition coefficient (Wildman–Crippen LogP) is 7.11. The van der Waals surface area contributed by atoms with Gasteiger partial charge in [-0.2, -0.15) is 0 Å². The van der Waals surface area contributed by atoms with E-state index < -0.39 is 5.97 Å². The number of nitrogens with one attached hydrogen (secondary N) is 1. The largest absolute Gasteiger partial charge is 0.481 e. The number of allylic oxidation sites excluding steroid dienone is 7. The van der Waals surface area contributed by atoms with Crippen LogP contribution >= 0.6 is 0 Å². The fourth-order valence-electron chi connectivity index (χ4n) is 3.32. The number of carboxylic acid groups (broad SMARTS) is 1. The van der Waals surface area contributed by atoms with E-state index in [0.29, 0.717) is 12.0 Å². The second-order valence-electron chi connectivity index (χ2n) is 8.28. The molecule has 0 fully saturated rings. The molecule has 5 heteroatoms. The van der Waals surface area contributed by atoms with Gasteiger partial charge in [-0.15, -0.1) is 0 Å². The molecular weight excluding hydrogens is 448 g/mol. The summed E-state index contributed by atoms with van der Waals surface area (Å²) in [7, 11) is 0. The van der Waals surface area contributed by atoms with Crippen molar-refractivity contribution in [3.05, 3.63) is 108 Å². The molecule has 1 rings (SSSR count). The predicted molar refractivity (Wildman–Crippen MR) is 151 cm³/mol. The lowest BCUT2D eigenvalue weighted by molar-refractivity contribution is -0.137. The molecule has 0 aliphatic heterocycles. The van der Waals surface area contributed by atoms with Crippen LogP contribution in [-0.4, -0.2) is 28.7 Å². The summed E-state index contributed by atoms with van der Waals surface area (Å²) >= 11 is 0. The maximum atomic E-state index is 13.1. The van der Waals surface area contributed by atoms with Crippen molar-refractivity contribution in [3.63, 3.8) is 0 Å². The number of carboxylic acids is 1. The number of aliphatic carboxylic acids is 1. The van der Waals surface area contributed by atoms with Crippen molar-refractivity contribution in [1.29, 1.82) is 0 Å². The highest BCUT2D eigenvalue weighted by Gasteiger charge is 2.12. The van der Waals surface area contributed by atoms with Crippen LogP contribution in [0.25, 0.3) is 0 Å². The molecule has 0 spiro atoms. The van der Waals surface area contributed by atoms with Crippen LogP contribution in [0.5, 0.6) is 0 Å². The van der Waals surface area contributed by atoms with Crippen molar-refractivity contribution in [3.8, 4) is 0 Å². The zero-order chi connectivity index (χ0) is 26.6. The average Bonchev–Trinajstić information content (AvgIpc) is 2.86. The van der Waals surface area contributed by atoms with E-state index >= 15 is 0 Å². The Morgan fingerprint density at radius 1 is 1.08 bits per heavy atom. The van der Waals surface area contributed by atoms with Gasteiger partial charge >= 0.3 is 5.97 Å². The first kappa shape index (κ1) is 30.3. The van der Waals surface area contributed by atoms with Crippen molar-refractivity contribution in [2.75, 3.05) is 0 Å². The van der Waals surface area contributed by atoms with Gasteiger partial charge in [0.1, 0.15) is 0 Å². The van der Waals surface area contributed by atoms with Crippen LogP contribution in [0.15, 0.2) is 107 Å². The van der Waals surface area contributed by atoms with E-state index in [0.717, 1.165) is 36.1 Å². The molecule has 1 atom stereocenters. The molecule has 36 heavy (non-hydrogen) atoms. The Kier molecular flexibility index (Phi) is 15.6. The molecule has 192 valence electrons. The van der Waals surface area contributed by atoms with Gasteiger partial charge in [-0.3, -0.25) is 14.6 Å². The first-order valence-electron chi connectivity index (χ1n) is 12.5. The molecule has 0 saturated carbocycles. The van der Waals surface area contributed by atoms with Gasteiger partial charge in [0.2, 0.25) is 0 Å².